The van der Waals surface area contributed by atoms with Gasteiger partial charge in [-0.2, -0.15) is 0 Å². The van der Waals surface area contributed by atoms with Crippen molar-refractivity contribution in [3.05, 3.63) is 0 Å². The minimum Gasteiger partial charge on any atom is -0.303 e. The second kappa shape index (κ2) is 6.08. The molecule has 0 amide bonds. The fraction of sp³-hybridized carbons (Fsp3) is 1.00. The Morgan fingerprint density at radius 3 is 2.13 bits per heavy atom. The van der Waals surface area contributed by atoms with Gasteiger partial charge in [-0.3, -0.25) is 13.6 Å². The van der Waals surface area contributed by atoms with Crippen LogP contribution in [0.5, 0.6) is 0 Å². The Morgan fingerprint density at radius 2 is 1.73 bits per heavy atom. The first-order chi connectivity index (χ1) is 6.66. The third-order valence-electron chi connectivity index (χ3n) is 1.08. The SMILES string of the molecule is CCOP(=O)(O)OCC(C)OP(=O)(O)O. The molecule has 0 aromatic carbocycles. The van der Waals surface area contributed by atoms with E-state index in [0.717, 1.165) is 0 Å². The minimum atomic E-state index is -4.61. The van der Waals surface area contributed by atoms with E-state index in [1.165, 1.54) is 13.8 Å². The van der Waals surface area contributed by atoms with Gasteiger partial charge in [-0.25, -0.2) is 9.13 Å². The summed E-state index contributed by atoms with van der Waals surface area (Å²) < 4.78 is 34.2. The Bertz CT molecular complexity index is 272. The smallest absolute Gasteiger partial charge is 0.303 e. The van der Waals surface area contributed by atoms with E-state index in [4.69, 9.17) is 14.7 Å². The average molecular weight is 264 g/mol. The topological polar surface area (TPSA) is 123 Å². The van der Waals surface area contributed by atoms with E-state index in [2.05, 4.69) is 13.6 Å². The van der Waals surface area contributed by atoms with Gasteiger partial charge in [-0.15, -0.1) is 0 Å². The zero-order valence-corrected chi connectivity index (χ0v) is 10.1. The highest BCUT2D eigenvalue weighted by Gasteiger charge is 2.24. The Morgan fingerprint density at radius 1 is 1.20 bits per heavy atom. The Labute approximate surface area is 87.0 Å². The van der Waals surface area contributed by atoms with Gasteiger partial charge in [0.2, 0.25) is 0 Å². The van der Waals surface area contributed by atoms with E-state index in [0.29, 0.717) is 0 Å². The molecule has 0 heterocycles. The van der Waals surface area contributed by atoms with Crippen molar-refractivity contribution in [1.82, 2.24) is 0 Å². The first-order valence-corrected chi connectivity index (χ1v) is 7.04. The van der Waals surface area contributed by atoms with Crippen molar-refractivity contribution in [3.8, 4) is 0 Å². The fourth-order valence-electron chi connectivity index (χ4n) is 0.664. The van der Waals surface area contributed by atoms with Crippen LogP contribution in [0.3, 0.4) is 0 Å². The first kappa shape index (κ1) is 15.2. The summed E-state index contributed by atoms with van der Waals surface area (Å²) in [6.07, 6.45) is -1.02. The summed E-state index contributed by atoms with van der Waals surface area (Å²) in [4.78, 5) is 25.7. The van der Waals surface area contributed by atoms with Crippen molar-refractivity contribution in [1.29, 1.82) is 0 Å². The maximum atomic E-state index is 10.9. The molecule has 15 heavy (non-hydrogen) atoms. The third kappa shape index (κ3) is 9.17. The van der Waals surface area contributed by atoms with Crippen LogP contribution >= 0.6 is 15.6 Å². The highest BCUT2D eigenvalue weighted by molar-refractivity contribution is 7.47. The summed E-state index contributed by atoms with van der Waals surface area (Å²) in [6, 6.07) is 0. The molecule has 0 saturated carbocycles. The molecule has 8 nitrogen and oxygen atoms in total. The van der Waals surface area contributed by atoms with E-state index < -0.39 is 28.4 Å². The van der Waals surface area contributed by atoms with Gasteiger partial charge in [0.25, 0.3) is 0 Å². The maximum Gasteiger partial charge on any atom is 0.472 e. The van der Waals surface area contributed by atoms with Crippen molar-refractivity contribution in [2.45, 2.75) is 20.0 Å². The van der Waals surface area contributed by atoms with Crippen LogP contribution in [0.2, 0.25) is 0 Å². The van der Waals surface area contributed by atoms with Crippen LogP contribution in [0.1, 0.15) is 13.8 Å². The largest absolute Gasteiger partial charge is 0.472 e. The number of hydrogen-bond donors (Lipinski definition) is 3. The molecule has 0 rings (SSSR count). The predicted octanol–water partition coefficient (Wildman–Crippen LogP) is 0.638. The molecule has 0 aliphatic heterocycles. The van der Waals surface area contributed by atoms with E-state index in [-0.39, 0.29) is 6.61 Å². The Kier molecular flexibility index (Phi) is 6.17. The summed E-state index contributed by atoms with van der Waals surface area (Å²) >= 11 is 0. The third-order valence-corrected chi connectivity index (χ3v) is 2.78. The quantitative estimate of drug-likeness (QED) is 0.572. The molecule has 0 aliphatic carbocycles. The maximum absolute atomic E-state index is 10.9. The number of phosphoric acid groups is 2. The van der Waals surface area contributed by atoms with E-state index in [9.17, 15) is 9.13 Å². The lowest BCUT2D eigenvalue weighted by molar-refractivity contribution is 0.0750. The van der Waals surface area contributed by atoms with Crippen LogP contribution < -0.4 is 0 Å². The lowest BCUT2D eigenvalue weighted by Gasteiger charge is -2.15. The Balaban J connectivity index is 3.95. The molecule has 0 radical (unpaired) electrons. The molecule has 0 spiro atoms. The van der Waals surface area contributed by atoms with Gasteiger partial charge in [0.1, 0.15) is 0 Å². The van der Waals surface area contributed by atoms with E-state index in [1.807, 2.05) is 0 Å². The lowest BCUT2D eigenvalue weighted by atomic mass is 10.5. The Hall–Kier alpha value is 0.220. The molecule has 3 N–H and O–H groups in total. The normalized spacial score (nSPS) is 18.5. The second-order valence-electron chi connectivity index (χ2n) is 2.59. The van der Waals surface area contributed by atoms with Gasteiger partial charge < -0.3 is 14.7 Å². The van der Waals surface area contributed by atoms with Gasteiger partial charge in [0.05, 0.1) is 19.3 Å². The molecule has 2 unspecified atom stereocenters. The van der Waals surface area contributed by atoms with Crippen LogP contribution in [0.4, 0.5) is 0 Å². The van der Waals surface area contributed by atoms with Crippen molar-refractivity contribution in [3.63, 3.8) is 0 Å². The highest BCUT2D eigenvalue weighted by atomic mass is 31.2. The van der Waals surface area contributed by atoms with Crippen molar-refractivity contribution in [2.75, 3.05) is 13.2 Å². The van der Waals surface area contributed by atoms with Gasteiger partial charge in [0, 0.05) is 0 Å². The van der Waals surface area contributed by atoms with E-state index in [1.54, 1.807) is 0 Å². The predicted molar refractivity (Wildman–Crippen MR) is 50.0 cm³/mol. The second-order valence-corrected chi connectivity index (χ2v) is 5.23. The molecule has 10 heteroatoms. The molecular weight excluding hydrogens is 250 g/mol. The van der Waals surface area contributed by atoms with Crippen LogP contribution in [-0.2, 0) is 22.7 Å². The number of hydrogen-bond acceptors (Lipinski definition) is 5. The minimum absolute atomic E-state index is 0.0124. The molecule has 0 saturated heterocycles. The lowest BCUT2D eigenvalue weighted by Crippen LogP contribution is -2.14. The summed E-state index contributed by atoms with van der Waals surface area (Å²) in [6.45, 7) is 2.31. The molecule has 92 valence electrons. The number of rotatable bonds is 7. The van der Waals surface area contributed by atoms with Crippen LogP contribution in [0.25, 0.3) is 0 Å². The monoisotopic (exact) mass is 264 g/mol. The summed E-state index contributed by atoms with van der Waals surface area (Å²) in [7, 11) is -8.76. The molecule has 0 aliphatic rings. The molecular formula is C5H14O8P2. The molecule has 0 aromatic rings. The molecule has 0 fully saturated rings. The number of phosphoric ester groups is 2. The molecule has 0 aromatic heterocycles. The zero-order chi connectivity index (χ0) is 12.1. The highest BCUT2D eigenvalue weighted by Crippen LogP contribution is 2.44. The zero-order valence-electron chi connectivity index (χ0n) is 8.27. The standard InChI is InChI=1S/C5H14O8P2/c1-3-11-15(9,10)12-4-5(2)13-14(6,7)8/h5H,3-4H2,1-2H3,(H,9,10)(H2,6,7,8). The summed E-state index contributed by atoms with van der Waals surface area (Å²) in [5.74, 6) is 0. The average Bonchev–Trinajstić information content (AvgIpc) is 1.98. The van der Waals surface area contributed by atoms with Crippen LogP contribution in [0.15, 0.2) is 0 Å². The van der Waals surface area contributed by atoms with Crippen molar-refractivity contribution < 1.29 is 37.4 Å². The van der Waals surface area contributed by atoms with Gasteiger partial charge >= 0.3 is 15.6 Å². The van der Waals surface area contributed by atoms with Crippen molar-refractivity contribution >= 4 is 15.6 Å². The molecule has 0 bridgehead atoms. The van der Waals surface area contributed by atoms with Gasteiger partial charge in [-0.05, 0) is 13.8 Å². The summed E-state index contributed by atoms with van der Waals surface area (Å²) in [5, 5.41) is 0. The molecule has 2 atom stereocenters. The van der Waals surface area contributed by atoms with Crippen LogP contribution in [-0.4, -0.2) is 34.0 Å². The van der Waals surface area contributed by atoms with Crippen molar-refractivity contribution in [2.24, 2.45) is 0 Å². The van der Waals surface area contributed by atoms with Gasteiger partial charge in [0.15, 0.2) is 0 Å². The van der Waals surface area contributed by atoms with E-state index >= 15 is 0 Å². The first-order valence-electron chi connectivity index (χ1n) is 4.02. The summed E-state index contributed by atoms with van der Waals surface area (Å²) in [5.41, 5.74) is 0. The van der Waals surface area contributed by atoms with Gasteiger partial charge in [-0.1, -0.05) is 0 Å². The van der Waals surface area contributed by atoms with Crippen LogP contribution in [0, 0.1) is 0 Å². The fourth-order valence-corrected chi connectivity index (χ4v) is 1.99.